The number of ether oxygens (including phenoxy) is 3. The Labute approximate surface area is 371 Å². The molecule has 5 aromatic rings. The molecule has 0 aromatic heterocycles. The van der Waals surface area contributed by atoms with Gasteiger partial charge in [0.25, 0.3) is 5.91 Å². The van der Waals surface area contributed by atoms with Crippen LogP contribution in [0.2, 0.25) is 0 Å². The zero-order valence-corrected chi connectivity index (χ0v) is 37.2. The highest BCUT2D eigenvalue weighted by molar-refractivity contribution is 6.10. The summed E-state index contributed by atoms with van der Waals surface area (Å²) in [5.41, 5.74) is 14.1. The molecule has 0 fully saturated rings. The lowest BCUT2D eigenvalue weighted by molar-refractivity contribution is -0.150. The first-order chi connectivity index (χ1) is 30.5. The second-order valence-electron chi connectivity index (χ2n) is 16.8. The Hall–Kier alpha value is -5.98. The van der Waals surface area contributed by atoms with Crippen molar-refractivity contribution in [2.45, 2.75) is 97.4 Å². The Kier molecular flexibility index (Phi) is 18.8. The minimum Gasteiger partial charge on any atom is -0.493 e. The van der Waals surface area contributed by atoms with E-state index in [-0.39, 0.29) is 38.5 Å². The Bertz CT molecular complexity index is 2260. The molecule has 0 aliphatic carbocycles. The minimum absolute atomic E-state index is 0.0591. The number of hydrogen-bond donors (Lipinski definition) is 5. The predicted molar refractivity (Wildman–Crippen MR) is 250 cm³/mol. The Morgan fingerprint density at radius 2 is 1.10 bits per heavy atom. The van der Waals surface area contributed by atoms with E-state index in [1.165, 1.54) is 0 Å². The van der Waals surface area contributed by atoms with Gasteiger partial charge in [0.15, 0.2) is 6.61 Å². The van der Waals surface area contributed by atoms with Crippen LogP contribution in [-0.4, -0.2) is 68.1 Å². The zero-order chi connectivity index (χ0) is 45.1. The van der Waals surface area contributed by atoms with Gasteiger partial charge in [-0.1, -0.05) is 119 Å². The second kappa shape index (κ2) is 24.6. The fourth-order valence-corrected chi connectivity index (χ4v) is 7.46. The highest BCUT2D eigenvalue weighted by Gasteiger charge is 2.31. The number of amides is 3. The molecule has 12 heteroatoms. The maximum Gasteiger partial charge on any atom is 0.328 e. The number of rotatable bonds is 25. The van der Waals surface area contributed by atoms with Crippen LogP contribution in [0.15, 0.2) is 103 Å². The topological polar surface area (TPSA) is 184 Å². The van der Waals surface area contributed by atoms with E-state index in [0.717, 1.165) is 44.7 Å². The smallest absolute Gasteiger partial charge is 0.328 e. The summed E-state index contributed by atoms with van der Waals surface area (Å²) in [6.07, 6.45) is 3.31. The first kappa shape index (κ1) is 48.1. The minimum atomic E-state index is -1.03. The van der Waals surface area contributed by atoms with Gasteiger partial charge >= 0.3 is 5.97 Å². The zero-order valence-electron chi connectivity index (χ0n) is 37.2. The Morgan fingerprint density at radius 3 is 1.68 bits per heavy atom. The van der Waals surface area contributed by atoms with Gasteiger partial charge in [0.1, 0.15) is 36.2 Å². The van der Waals surface area contributed by atoms with Crippen LogP contribution < -0.4 is 36.9 Å². The normalized spacial score (nSPS) is 12.8. The average molecular weight is 860 g/mol. The van der Waals surface area contributed by atoms with Crippen LogP contribution in [0.25, 0.3) is 32.7 Å². The van der Waals surface area contributed by atoms with Crippen LogP contribution in [0, 0.1) is 11.8 Å². The van der Waals surface area contributed by atoms with Crippen LogP contribution in [0.3, 0.4) is 0 Å². The van der Waals surface area contributed by atoms with Crippen molar-refractivity contribution < 1.29 is 33.4 Å². The lowest BCUT2D eigenvalue weighted by Gasteiger charge is -2.26. The average Bonchev–Trinajstić information content (AvgIpc) is 3.28. The summed E-state index contributed by atoms with van der Waals surface area (Å²) in [6, 6.07) is 30.3. The second-order valence-corrected chi connectivity index (χ2v) is 16.8. The molecule has 3 atom stereocenters. The van der Waals surface area contributed by atoms with Crippen molar-refractivity contribution in [3.8, 4) is 22.6 Å². The summed E-state index contributed by atoms with van der Waals surface area (Å²) in [6.45, 7) is 9.11. The molecule has 0 saturated carbocycles. The molecule has 5 rings (SSSR count). The quantitative estimate of drug-likeness (QED) is 0.0292. The fraction of sp³-hybridized carbons (Fsp3) is 0.412. The van der Waals surface area contributed by atoms with Crippen molar-refractivity contribution in [2.75, 3.05) is 26.3 Å². The molecule has 0 heterocycles. The maximum atomic E-state index is 14.0. The van der Waals surface area contributed by atoms with Gasteiger partial charge in [-0.25, -0.2) is 4.79 Å². The highest BCUT2D eigenvalue weighted by Crippen LogP contribution is 2.45. The molecule has 5 aromatic carbocycles. The molecular formula is C51H65N5O7. The molecule has 7 N–H and O–H groups in total. The molecule has 336 valence electrons. The van der Waals surface area contributed by atoms with Gasteiger partial charge in [-0.3, -0.25) is 14.4 Å². The van der Waals surface area contributed by atoms with Crippen molar-refractivity contribution in [2.24, 2.45) is 23.3 Å². The number of fused-ring (bicyclic) bond motifs is 2. The Balaban J connectivity index is 1.35. The third kappa shape index (κ3) is 14.3. The van der Waals surface area contributed by atoms with E-state index in [2.05, 4.69) is 41.9 Å². The van der Waals surface area contributed by atoms with E-state index >= 15 is 0 Å². The van der Waals surface area contributed by atoms with Gasteiger partial charge in [0.2, 0.25) is 11.8 Å². The number of hydrogen-bond acceptors (Lipinski definition) is 9. The van der Waals surface area contributed by atoms with E-state index < -0.39 is 41.8 Å². The van der Waals surface area contributed by atoms with E-state index in [1.54, 1.807) is 0 Å². The molecule has 3 amide bonds. The van der Waals surface area contributed by atoms with Gasteiger partial charge in [-0.05, 0) is 109 Å². The third-order valence-corrected chi connectivity index (χ3v) is 10.8. The largest absolute Gasteiger partial charge is 0.493 e. The number of carbonyl (C=O) groups is 4. The first-order valence-electron chi connectivity index (χ1n) is 22.3. The van der Waals surface area contributed by atoms with Gasteiger partial charge in [-0.15, -0.1) is 0 Å². The summed E-state index contributed by atoms with van der Waals surface area (Å²) in [5, 5.41) is 12.5. The van der Waals surface area contributed by atoms with Crippen molar-refractivity contribution in [1.82, 2.24) is 16.0 Å². The summed E-state index contributed by atoms with van der Waals surface area (Å²) < 4.78 is 18.5. The van der Waals surface area contributed by atoms with Gasteiger partial charge in [0, 0.05) is 11.1 Å². The van der Waals surface area contributed by atoms with Crippen LogP contribution in [0.1, 0.15) is 78.2 Å². The Morgan fingerprint density at radius 1 is 0.556 bits per heavy atom. The number of benzene rings is 5. The van der Waals surface area contributed by atoms with Crippen LogP contribution in [0.4, 0.5) is 0 Å². The monoisotopic (exact) mass is 859 g/mol. The predicted octanol–water partition coefficient (Wildman–Crippen LogP) is 7.58. The van der Waals surface area contributed by atoms with Crippen LogP contribution >= 0.6 is 0 Å². The van der Waals surface area contributed by atoms with Gasteiger partial charge in [-0.2, -0.15) is 0 Å². The van der Waals surface area contributed by atoms with Crippen LogP contribution in [-0.2, 0) is 30.5 Å². The number of nitrogens with two attached hydrogens (primary N) is 2. The third-order valence-electron chi connectivity index (χ3n) is 10.8. The molecule has 0 spiro atoms. The highest BCUT2D eigenvalue weighted by atomic mass is 16.5. The summed E-state index contributed by atoms with van der Waals surface area (Å²) in [5.74, 6) is -0.462. The maximum absolute atomic E-state index is 14.0. The van der Waals surface area contributed by atoms with Gasteiger partial charge < -0.3 is 41.6 Å². The van der Waals surface area contributed by atoms with Crippen molar-refractivity contribution in [3.63, 3.8) is 0 Å². The molecule has 12 nitrogen and oxygen atoms in total. The first-order valence-corrected chi connectivity index (χ1v) is 22.3. The number of carbonyl (C=O) groups excluding carboxylic acids is 4. The van der Waals surface area contributed by atoms with E-state index in [1.807, 2.05) is 105 Å². The number of esters is 1. The molecule has 0 saturated heterocycles. The summed E-state index contributed by atoms with van der Waals surface area (Å²) >= 11 is 0. The SMILES string of the molecule is CC(C)CCOc1ccc2ccccc2c1-c1c(OCC(=O)N[C@H](CCCCN)C(=O)N[C@H](CCCN)C(=O)N[C@@H](CC(C)C)C(=O)OCc2ccccc2)ccc2ccccc12. The van der Waals surface area contributed by atoms with Crippen molar-refractivity contribution >= 4 is 45.2 Å². The lowest BCUT2D eigenvalue weighted by Crippen LogP contribution is -2.56. The molecule has 0 aliphatic rings. The van der Waals surface area contributed by atoms with Crippen LogP contribution in [0.5, 0.6) is 11.5 Å². The lowest BCUT2D eigenvalue weighted by atomic mass is 9.92. The fourth-order valence-electron chi connectivity index (χ4n) is 7.46. The summed E-state index contributed by atoms with van der Waals surface area (Å²) in [4.78, 5) is 55.0. The molecule has 63 heavy (non-hydrogen) atoms. The van der Waals surface area contributed by atoms with Gasteiger partial charge in [0.05, 0.1) is 6.61 Å². The number of unbranched alkanes of at least 4 members (excludes halogenated alkanes) is 1. The van der Waals surface area contributed by atoms with E-state index in [0.29, 0.717) is 56.3 Å². The molecule has 0 aliphatic heterocycles. The molecular weight excluding hydrogens is 795 g/mol. The standard InChI is InChI=1S/C51H65N5O7/c1-34(2)27-30-61-44-25-23-37-17-8-10-19-39(37)47(44)48-40-20-11-9-18-38(40)24-26-45(48)62-33-46(57)54-41(21-12-13-28-52)49(58)55-42(22-14-29-53)50(59)56-43(31-35(3)4)51(60)63-32-36-15-6-5-7-16-36/h5-11,15-20,23-26,34-35,41-43H,12-14,21-22,27-33,52-53H2,1-4H3,(H,54,57)(H,55,58)(H,56,59)/t41-,42-,43+/m1/s1. The number of nitrogens with one attached hydrogen (secondary N) is 3. The molecule has 0 radical (unpaired) electrons. The molecule has 0 unspecified atom stereocenters. The molecule has 0 bridgehead atoms. The van der Waals surface area contributed by atoms with Crippen molar-refractivity contribution in [3.05, 3.63) is 109 Å². The van der Waals surface area contributed by atoms with Crippen molar-refractivity contribution in [1.29, 1.82) is 0 Å². The van der Waals surface area contributed by atoms with E-state index in [9.17, 15) is 19.2 Å². The van der Waals surface area contributed by atoms with E-state index in [4.69, 9.17) is 25.7 Å². The summed E-state index contributed by atoms with van der Waals surface area (Å²) in [7, 11) is 0.